The number of unbranched alkanes of at least 4 members (excludes halogenated alkanes) is 1. The van der Waals surface area contributed by atoms with E-state index in [0.29, 0.717) is 25.4 Å². The summed E-state index contributed by atoms with van der Waals surface area (Å²) in [6.45, 7) is 10.8. The molecule has 0 fully saturated rings. The quantitative estimate of drug-likeness (QED) is 0.364. The predicted molar refractivity (Wildman–Crippen MR) is 86.6 cm³/mol. The molecule has 0 saturated heterocycles. The van der Waals surface area contributed by atoms with E-state index in [0.717, 1.165) is 32.4 Å². The molecule has 0 bridgehead atoms. The fourth-order valence-electron chi connectivity index (χ4n) is 2.20. The lowest BCUT2D eigenvalue weighted by Crippen LogP contribution is -3.12. The number of hydrogen-bond donors (Lipinski definition) is 2. The molecule has 6 nitrogen and oxygen atoms in total. The van der Waals surface area contributed by atoms with Crippen molar-refractivity contribution in [1.82, 2.24) is 5.32 Å². The average Bonchev–Trinajstić information content (AvgIpc) is 2.45. The molecular formula is C15H30N2O4S. The van der Waals surface area contributed by atoms with Crippen LogP contribution in [0.3, 0.4) is 0 Å². The van der Waals surface area contributed by atoms with Crippen molar-refractivity contribution < 1.29 is 22.7 Å². The first-order valence-corrected chi connectivity index (χ1v) is 9.53. The van der Waals surface area contributed by atoms with E-state index in [1.54, 1.807) is 0 Å². The summed E-state index contributed by atoms with van der Waals surface area (Å²) in [7, 11) is -4.11. The number of rotatable bonds is 13. The Hall–Kier alpha value is -0.920. The Morgan fingerprint density at radius 1 is 1.32 bits per heavy atom. The lowest BCUT2D eigenvalue weighted by Gasteiger charge is -2.21. The van der Waals surface area contributed by atoms with Crippen LogP contribution in [0.2, 0.25) is 0 Å². The lowest BCUT2D eigenvalue weighted by molar-refractivity contribution is -0.900. The maximum atomic E-state index is 11.1. The van der Waals surface area contributed by atoms with Crippen LogP contribution in [-0.2, 0) is 14.9 Å². The fourth-order valence-corrected chi connectivity index (χ4v) is 2.70. The third-order valence-corrected chi connectivity index (χ3v) is 4.40. The minimum atomic E-state index is -4.11. The van der Waals surface area contributed by atoms with Crippen LogP contribution in [0.1, 0.15) is 39.5 Å². The highest BCUT2D eigenvalue weighted by Gasteiger charge is 2.12. The maximum Gasteiger partial charge on any atom is 0.243 e. The van der Waals surface area contributed by atoms with Gasteiger partial charge in [0.15, 0.2) is 0 Å². The van der Waals surface area contributed by atoms with E-state index in [4.69, 9.17) is 0 Å². The van der Waals surface area contributed by atoms with Gasteiger partial charge in [-0.15, -0.1) is 0 Å². The summed E-state index contributed by atoms with van der Waals surface area (Å²) in [5.74, 6) is -0.0976. The third-order valence-electron chi connectivity index (χ3n) is 3.61. The molecule has 130 valence electrons. The van der Waals surface area contributed by atoms with Crippen molar-refractivity contribution in [2.45, 2.75) is 39.5 Å². The second kappa shape index (κ2) is 11.6. The van der Waals surface area contributed by atoms with E-state index in [2.05, 4.69) is 25.7 Å². The van der Waals surface area contributed by atoms with Crippen molar-refractivity contribution in [3.63, 3.8) is 0 Å². The first-order valence-electron chi connectivity index (χ1n) is 7.95. The second-order valence-corrected chi connectivity index (χ2v) is 7.34. The van der Waals surface area contributed by atoms with E-state index in [-0.39, 0.29) is 11.7 Å². The topological polar surface area (TPSA) is 90.7 Å². The van der Waals surface area contributed by atoms with Crippen LogP contribution in [0.25, 0.3) is 0 Å². The summed E-state index contributed by atoms with van der Waals surface area (Å²) < 4.78 is 32.0. The Bertz CT molecular complexity index is 423. The summed E-state index contributed by atoms with van der Waals surface area (Å²) in [5.41, 5.74) is 0. The zero-order valence-corrected chi connectivity index (χ0v) is 14.6. The third kappa shape index (κ3) is 12.8. The normalized spacial score (nSPS) is 14.3. The van der Waals surface area contributed by atoms with Crippen LogP contribution < -0.4 is 10.2 Å². The molecule has 2 atom stereocenters. The number of carbonyl (C=O) groups excluding carboxylic acids is 1. The monoisotopic (exact) mass is 334 g/mol. The molecule has 0 radical (unpaired) electrons. The largest absolute Gasteiger partial charge is 0.748 e. The van der Waals surface area contributed by atoms with Gasteiger partial charge in [0.25, 0.3) is 0 Å². The molecule has 0 aliphatic carbocycles. The first kappa shape index (κ1) is 21.1. The molecule has 2 unspecified atom stereocenters. The van der Waals surface area contributed by atoms with Gasteiger partial charge in [-0.25, -0.2) is 8.42 Å². The molecule has 2 N–H and O–H groups in total. The van der Waals surface area contributed by atoms with Crippen LogP contribution in [0.5, 0.6) is 0 Å². The molecule has 0 aliphatic rings. The molecule has 0 heterocycles. The van der Waals surface area contributed by atoms with Gasteiger partial charge < -0.3 is 14.8 Å². The van der Waals surface area contributed by atoms with Gasteiger partial charge in [-0.1, -0.05) is 26.8 Å². The summed E-state index contributed by atoms with van der Waals surface area (Å²) >= 11 is 0. The van der Waals surface area contributed by atoms with Crippen LogP contribution in [0.4, 0.5) is 0 Å². The summed E-state index contributed by atoms with van der Waals surface area (Å²) in [5, 5.41) is 2.78. The summed E-state index contributed by atoms with van der Waals surface area (Å²) in [4.78, 5) is 12.4. The molecule has 0 aliphatic heterocycles. The van der Waals surface area contributed by atoms with Crippen LogP contribution in [0, 0.1) is 5.92 Å². The van der Waals surface area contributed by atoms with Crippen molar-refractivity contribution >= 4 is 16.0 Å². The highest BCUT2D eigenvalue weighted by Crippen LogP contribution is 1.97. The van der Waals surface area contributed by atoms with Crippen molar-refractivity contribution in [3.05, 3.63) is 12.7 Å². The Labute approximate surface area is 134 Å². The van der Waals surface area contributed by atoms with E-state index in [9.17, 15) is 17.8 Å². The smallest absolute Gasteiger partial charge is 0.243 e. The second-order valence-electron chi connectivity index (χ2n) is 5.81. The minimum absolute atomic E-state index is 0.164. The van der Waals surface area contributed by atoms with Crippen LogP contribution in [0.15, 0.2) is 12.7 Å². The Morgan fingerprint density at radius 2 is 1.95 bits per heavy atom. The van der Waals surface area contributed by atoms with E-state index >= 15 is 0 Å². The Balaban J connectivity index is 4.11. The van der Waals surface area contributed by atoms with Gasteiger partial charge in [0.2, 0.25) is 5.91 Å². The van der Waals surface area contributed by atoms with Gasteiger partial charge >= 0.3 is 0 Å². The van der Waals surface area contributed by atoms with E-state index in [1.807, 2.05) is 0 Å². The molecule has 0 aromatic heterocycles. The number of hydrogen-bond acceptors (Lipinski definition) is 4. The molecule has 0 aromatic rings. The molecule has 1 amide bonds. The van der Waals surface area contributed by atoms with E-state index in [1.165, 1.54) is 11.0 Å². The summed E-state index contributed by atoms with van der Waals surface area (Å²) in [6.07, 6.45) is 4.79. The molecule has 7 heteroatoms. The van der Waals surface area contributed by atoms with Gasteiger partial charge in [0.05, 0.1) is 29.8 Å². The maximum absolute atomic E-state index is 11.1. The Morgan fingerprint density at radius 3 is 2.50 bits per heavy atom. The number of nitrogens with one attached hydrogen (secondary N) is 2. The highest BCUT2D eigenvalue weighted by molar-refractivity contribution is 7.85. The van der Waals surface area contributed by atoms with E-state index < -0.39 is 10.1 Å². The van der Waals surface area contributed by atoms with Crippen LogP contribution >= 0.6 is 0 Å². The average molecular weight is 334 g/mol. The number of quaternary nitrogens is 1. The fraction of sp³-hybridized carbons (Fsp3) is 0.800. The lowest BCUT2D eigenvalue weighted by atomic mass is 10.1. The van der Waals surface area contributed by atoms with Gasteiger partial charge in [-0.3, -0.25) is 4.79 Å². The van der Waals surface area contributed by atoms with Gasteiger partial charge in [0.1, 0.15) is 0 Å². The zero-order chi connectivity index (χ0) is 17.0. The van der Waals surface area contributed by atoms with Crippen molar-refractivity contribution in [1.29, 1.82) is 0 Å². The predicted octanol–water partition coefficient (Wildman–Crippen LogP) is -0.0649. The van der Waals surface area contributed by atoms with Crippen LogP contribution in [-0.4, -0.2) is 50.8 Å². The van der Waals surface area contributed by atoms with Gasteiger partial charge in [-0.05, 0) is 18.4 Å². The summed E-state index contributed by atoms with van der Waals surface area (Å²) in [6, 6.07) is 0. The molecule has 0 aromatic carbocycles. The van der Waals surface area contributed by atoms with Gasteiger partial charge in [0, 0.05) is 25.1 Å². The minimum Gasteiger partial charge on any atom is -0.748 e. The molecule has 0 saturated carbocycles. The molecule has 22 heavy (non-hydrogen) atoms. The standard InChI is InChI=1S/C15H30N2O4S/c1-4-6-9-17(10-7-12-22(19,20)21)11-8-14(3)13-16-15(18)5-2/h5,14H,2,4,6-13H2,1,3H3,(H,16,18)(H,19,20,21). The molecular weight excluding hydrogens is 304 g/mol. The first-order chi connectivity index (χ1) is 10.3. The highest BCUT2D eigenvalue weighted by atomic mass is 32.2. The van der Waals surface area contributed by atoms with Gasteiger partial charge in [-0.2, -0.15) is 0 Å². The SMILES string of the molecule is C=CC(=O)NCC(C)CC[NH+](CCCC)CCCS(=O)(=O)[O-]. The number of amides is 1. The molecule has 0 rings (SSSR count). The zero-order valence-electron chi connectivity index (χ0n) is 13.8. The molecule has 0 spiro atoms. The van der Waals surface area contributed by atoms with Crippen molar-refractivity contribution in [3.8, 4) is 0 Å². The number of carbonyl (C=O) groups is 1. The van der Waals surface area contributed by atoms with Crippen molar-refractivity contribution in [2.24, 2.45) is 5.92 Å². The Kier molecular flexibility index (Phi) is 11.1. The van der Waals surface area contributed by atoms with Crippen molar-refractivity contribution in [2.75, 3.05) is 31.9 Å².